The van der Waals surface area contributed by atoms with E-state index in [0.29, 0.717) is 12.5 Å². The van der Waals surface area contributed by atoms with E-state index in [4.69, 9.17) is 10.2 Å². The van der Waals surface area contributed by atoms with Gasteiger partial charge in [-0.15, -0.1) is 0 Å². The maximum Gasteiger partial charge on any atom is 0.332 e. The van der Waals surface area contributed by atoms with Gasteiger partial charge < -0.3 is 20.8 Å². The maximum absolute atomic E-state index is 11.5. The maximum atomic E-state index is 11.5. The van der Waals surface area contributed by atoms with Crippen molar-refractivity contribution in [2.24, 2.45) is 11.8 Å². The van der Waals surface area contributed by atoms with Crippen molar-refractivity contribution < 1.29 is 19.8 Å². The van der Waals surface area contributed by atoms with Gasteiger partial charge in [-0.05, 0) is 24.7 Å². The Bertz CT molecular complexity index is 301. The van der Waals surface area contributed by atoms with Crippen LogP contribution in [0.2, 0.25) is 0 Å². The van der Waals surface area contributed by atoms with Crippen molar-refractivity contribution in [2.75, 3.05) is 13.1 Å². The molecule has 0 spiro atoms. The quantitative estimate of drug-likeness (QED) is 0.578. The smallest absolute Gasteiger partial charge is 0.332 e. The highest BCUT2D eigenvalue weighted by molar-refractivity contribution is 5.74. The lowest BCUT2D eigenvalue weighted by Crippen LogP contribution is -2.40. The lowest BCUT2D eigenvalue weighted by Gasteiger charge is -2.26. The molecule has 6 heteroatoms. The van der Waals surface area contributed by atoms with E-state index < -0.39 is 12.1 Å². The third-order valence-electron chi connectivity index (χ3n) is 3.68. The number of urea groups is 1. The van der Waals surface area contributed by atoms with E-state index in [2.05, 4.69) is 17.6 Å². The third kappa shape index (κ3) is 6.42. The Morgan fingerprint density at radius 3 is 2.42 bits per heavy atom. The van der Waals surface area contributed by atoms with Gasteiger partial charge in [0.25, 0.3) is 0 Å². The number of hydrogen-bond donors (Lipinski definition) is 4. The molecule has 0 bridgehead atoms. The Labute approximate surface area is 113 Å². The van der Waals surface area contributed by atoms with Crippen molar-refractivity contribution in [2.45, 2.75) is 45.1 Å². The predicted octanol–water partition coefficient (Wildman–Crippen LogP) is 0.947. The topological polar surface area (TPSA) is 98.7 Å². The molecule has 1 atom stereocenters. The van der Waals surface area contributed by atoms with Crippen LogP contribution in [0.15, 0.2) is 0 Å². The highest BCUT2D eigenvalue weighted by Gasteiger charge is 2.18. The first-order valence-electron chi connectivity index (χ1n) is 6.91. The van der Waals surface area contributed by atoms with E-state index in [1.54, 1.807) is 0 Å². The molecule has 0 aliphatic heterocycles. The van der Waals surface area contributed by atoms with Gasteiger partial charge in [-0.3, -0.25) is 0 Å². The largest absolute Gasteiger partial charge is 0.479 e. The van der Waals surface area contributed by atoms with Gasteiger partial charge in [-0.2, -0.15) is 0 Å². The van der Waals surface area contributed by atoms with Crippen molar-refractivity contribution in [1.29, 1.82) is 0 Å². The van der Waals surface area contributed by atoms with Crippen molar-refractivity contribution in [3.8, 4) is 0 Å². The summed E-state index contributed by atoms with van der Waals surface area (Å²) in [7, 11) is 0. The van der Waals surface area contributed by atoms with E-state index in [1.165, 1.54) is 12.8 Å². The molecule has 1 aliphatic carbocycles. The molecule has 0 saturated heterocycles. The Kier molecular flexibility index (Phi) is 6.62. The fourth-order valence-corrected chi connectivity index (χ4v) is 2.28. The first-order chi connectivity index (χ1) is 8.99. The van der Waals surface area contributed by atoms with Crippen LogP contribution in [0.25, 0.3) is 0 Å². The average molecular weight is 272 g/mol. The van der Waals surface area contributed by atoms with E-state index >= 15 is 0 Å². The van der Waals surface area contributed by atoms with Gasteiger partial charge in [0.2, 0.25) is 0 Å². The van der Waals surface area contributed by atoms with Crippen molar-refractivity contribution >= 4 is 12.0 Å². The van der Waals surface area contributed by atoms with Crippen molar-refractivity contribution in [1.82, 2.24) is 10.6 Å². The number of aliphatic carboxylic acids is 1. The lowest BCUT2D eigenvalue weighted by molar-refractivity contribution is -0.146. The number of aliphatic hydroxyl groups excluding tert-OH is 1. The second kappa shape index (κ2) is 7.99. The van der Waals surface area contributed by atoms with Crippen LogP contribution >= 0.6 is 0 Å². The molecule has 19 heavy (non-hydrogen) atoms. The summed E-state index contributed by atoms with van der Waals surface area (Å²) in [6.45, 7) is 3.07. The monoisotopic (exact) mass is 272 g/mol. The van der Waals surface area contributed by atoms with Crippen LogP contribution < -0.4 is 10.6 Å². The highest BCUT2D eigenvalue weighted by atomic mass is 16.4. The molecule has 0 aromatic rings. The zero-order chi connectivity index (χ0) is 14.3. The first kappa shape index (κ1) is 15.8. The second-order valence-corrected chi connectivity index (χ2v) is 5.41. The van der Waals surface area contributed by atoms with E-state index in [1.807, 2.05) is 0 Å². The molecule has 0 unspecified atom stereocenters. The molecule has 0 aromatic carbocycles. The molecular weight excluding hydrogens is 248 g/mol. The number of amides is 2. The van der Waals surface area contributed by atoms with Gasteiger partial charge in [-0.1, -0.05) is 19.8 Å². The lowest BCUT2D eigenvalue weighted by atomic mass is 9.83. The first-order valence-corrected chi connectivity index (χ1v) is 6.91. The number of carboxylic acid groups (broad SMARTS) is 1. The van der Waals surface area contributed by atoms with Crippen LogP contribution in [0.5, 0.6) is 0 Å². The summed E-state index contributed by atoms with van der Waals surface area (Å²) in [6, 6.07) is -0.295. The van der Waals surface area contributed by atoms with Crippen LogP contribution in [-0.2, 0) is 4.79 Å². The number of rotatable bonds is 6. The Balaban J connectivity index is 2.06. The summed E-state index contributed by atoms with van der Waals surface area (Å²) in [5.74, 6) is 0.0766. The summed E-state index contributed by atoms with van der Waals surface area (Å²) >= 11 is 0. The molecule has 1 rings (SSSR count). The summed E-state index contributed by atoms with van der Waals surface area (Å²) in [4.78, 5) is 21.8. The zero-order valence-corrected chi connectivity index (χ0v) is 11.4. The molecule has 1 aliphatic rings. The van der Waals surface area contributed by atoms with Gasteiger partial charge in [0, 0.05) is 19.5 Å². The normalized spacial score (nSPS) is 24.5. The molecule has 1 fully saturated rings. The molecule has 4 N–H and O–H groups in total. The number of aliphatic hydroxyl groups is 1. The molecule has 0 radical (unpaired) electrons. The second-order valence-electron chi connectivity index (χ2n) is 5.41. The Morgan fingerprint density at radius 2 is 1.84 bits per heavy atom. The minimum Gasteiger partial charge on any atom is -0.479 e. The average Bonchev–Trinajstić information content (AvgIpc) is 2.37. The summed E-state index contributed by atoms with van der Waals surface area (Å²) in [5, 5.41) is 22.8. The number of hydrogen-bond acceptors (Lipinski definition) is 3. The molecule has 0 aromatic heterocycles. The fourth-order valence-electron chi connectivity index (χ4n) is 2.28. The SMILES string of the molecule is CC1CCC(CNC(=O)NCC[C@H](O)C(=O)O)CC1. The third-order valence-corrected chi connectivity index (χ3v) is 3.68. The molecule has 110 valence electrons. The van der Waals surface area contributed by atoms with Gasteiger partial charge in [0.05, 0.1) is 0 Å². The number of carboxylic acids is 1. The van der Waals surface area contributed by atoms with Crippen LogP contribution in [0.3, 0.4) is 0 Å². The van der Waals surface area contributed by atoms with Crippen LogP contribution in [0.1, 0.15) is 39.0 Å². The van der Waals surface area contributed by atoms with E-state index in [9.17, 15) is 9.59 Å². The van der Waals surface area contributed by atoms with E-state index in [0.717, 1.165) is 18.8 Å². The fraction of sp³-hybridized carbons (Fsp3) is 0.846. The summed E-state index contributed by atoms with van der Waals surface area (Å²) < 4.78 is 0. The molecular formula is C13H24N2O4. The van der Waals surface area contributed by atoms with Gasteiger partial charge in [0.1, 0.15) is 0 Å². The van der Waals surface area contributed by atoms with Crippen molar-refractivity contribution in [3.63, 3.8) is 0 Å². The van der Waals surface area contributed by atoms with Crippen LogP contribution in [0.4, 0.5) is 4.79 Å². The summed E-state index contributed by atoms with van der Waals surface area (Å²) in [6.07, 6.45) is 3.35. The van der Waals surface area contributed by atoms with E-state index in [-0.39, 0.29) is 19.0 Å². The number of carbonyl (C=O) groups is 2. The number of nitrogens with one attached hydrogen (secondary N) is 2. The molecule has 0 heterocycles. The minimum absolute atomic E-state index is 0.0176. The Morgan fingerprint density at radius 1 is 1.21 bits per heavy atom. The minimum atomic E-state index is -1.42. The standard InChI is InChI=1S/C13H24N2O4/c1-9-2-4-10(5-3-9)8-15-13(19)14-7-6-11(16)12(17)18/h9-11,16H,2-8H2,1H3,(H,17,18)(H2,14,15,19)/t9?,10?,11-/m0/s1. The molecule has 1 saturated carbocycles. The molecule has 2 amide bonds. The molecule has 6 nitrogen and oxygen atoms in total. The van der Waals surface area contributed by atoms with Crippen molar-refractivity contribution in [3.05, 3.63) is 0 Å². The van der Waals surface area contributed by atoms with Crippen LogP contribution in [0, 0.1) is 11.8 Å². The van der Waals surface area contributed by atoms with Gasteiger partial charge >= 0.3 is 12.0 Å². The van der Waals surface area contributed by atoms with Crippen LogP contribution in [-0.4, -0.2) is 41.4 Å². The van der Waals surface area contributed by atoms with Gasteiger partial charge in [-0.25, -0.2) is 9.59 Å². The Hall–Kier alpha value is -1.30. The van der Waals surface area contributed by atoms with Gasteiger partial charge in [0.15, 0.2) is 6.10 Å². The number of carbonyl (C=O) groups excluding carboxylic acids is 1. The summed E-state index contributed by atoms with van der Waals surface area (Å²) in [5.41, 5.74) is 0. The zero-order valence-electron chi connectivity index (χ0n) is 11.4. The predicted molar refractivity (Wildman–Crippen MR) is 70.8 cm³/mol. The highest BCUT2D eigenvalue weighted by Crippen LogP contribution is 2.27.